The summed E-state index contributed by atoms with van der Waals surface area (Å²) >= 11 is 1.61. The zero-order valence-corrected chi connectivity index (χ0v) is 23.7. The molecule has 40 heavy (non-hydrogen) atoms. The minimum atomic E-state index is -0.684. The van der Waals surface area contributed by atoms with E-state index in [0.717, 1.165) is 5.56 Å². The number of aromatic nitrogens is 4. The van der Waals surface area contributed by atoms with Crippen LogP contribution in [0, 0.1) is 6.92 Å². The first-order valence-electron chi connectivity index (χ1n) is 13.3. The van der Waals surface area contributed by atoms with Crippen molar-refractivity contribution >= 4 is 29.5 Å². The van der Waals surface area contributed by atoms with Crippen molar-refractivity contribution in [1.29, 1.82) is 0 Å². The average Bonchev–Trinajstić information content (AvgIpc) is 3.42. The first-order valence-corrected chi connectivity index (χ1v) is 14.7. The van der Waals surface area contributed by atoms with Gasteiger partial charge < -0.3 is 20.3 Å². The highest BCUT2D eigenvalue weighted by atomic mass is 32.2. The van der Waals surface area contributed by atoms with Gasteiger partial charge in [0.25, 0.3) is 11.8 Å². The second kappa shape index (κ2) is 14.5. The van der Waals surface area contributed by atoms with E-state index in [-0.39, 0.29) is 24.3 Å². The molecule has 1 aromatic carbocycles. The molecule has 0 radical (unpaired) electrons. The first-order chi connectivity index (χ1) is 19.4. The first kappa shape index (κ1) is 29.1. The van der Waals surface area contributed by atoms with Gasteiger partial charge in [0.1, 0.15) is 23.2 Å². The molecule has 2 aromatic heterocycles. The van der Waals surface area contributed by atoms with E-state index in [0.29, 0.717) is 74.0 Å². The Labute approximate surface area is 238 Å². The number of rotatable bonds is 4. The average molecular weight is 566 g/mol. The van der Waals surface area contributed by atoms with Gasteiger partial charge in [0.2, 0.25) is 5.91 Å². The van der Waals surface area contributed by atoms with Crippen LogP contribution < -0.4 is 15.4 Å². The van der Waals surface area contributed by atoms with Gasteiger partial charge in [-0.25, -0.2) is 0 Å². The maximum absolute atomic E-state index is 13.2. The predicted molar refractivity (Wildman–Crippen MR) is 152 cm³/mol. The van der Waals surface area contributed by atoms with Crippen molar-refractivity contribution in [2.45, 2.75) is 45.3 Å². The lowest BCUT2D eigenvalue weighted by Gasteiger charge is -2.22. The molecular formula is C28H35N7O4S. The van der Waals surface area contributed by atoms with Gasteiger partial charge in [-0.15, -0.1) is 5.10 Å². The van der Waals surface area contributed by atoms with Gasteiger partial charge in [-0.2, -0.15) is 11.8 Å². The fraction of sp³-hybridized carbons (Fsp3) is 0.429. The van der Waals surface area contributed by atoms with Crippen molar-refractivity contribution in [2.75, 3.05) is 31.7 Å². The molecule has 0 unspecified atom stereocenters. The molecule has 11 nitrogen and oxygen atoms in total. The minimum Gasteiger partial charge on any atom is -0.494 e. The molecular weight excluding hydrogens is 530 g/mol. The standard InChI is InChI=1S/C28H35N7O4S/c1-20-8-9-22-17-23(20)26(36)31-24(10-16-40-2)27(37)30-12-5-13-34(28(38)25-7-3-4-11-29-25)18-21-19-35(33-32-21)14-6-15-39-22/h3-4,7-9,11,17,19,24H,5-6,10,12-16,18H2,1-2H3,(H,30,37)(H,31,36)/t24-/m0/s1. The maximum Gasteiger partial charge on any atom is 0.272 e. The number of fused-ring (bicyclic) bond motifs is 4. The molecule has 0 saturated heterocycles. The number of hydrogen-bond donors (Lipinski definition) is 2. The van der Waals surface area contributed by atoms with Crippen LogP contribution in [0.2, 0.25) is 0 Å². The van der Waals surface area contributed by atoms with Crippen molar-refractivity contribution in [3.8, 4) is 5.75 Å². The van der Waals surface area contributed by atoms with Crippen LogP contribution in [-0.2, 0) is 17.9 Å². The molecule has 12 heteroatoms. The second-order valence-electron chi connectivity index (χ2n) is 9.55. The highest BCUT2D eigenvalue weighted by Gasteiger charge is 2.23. The molecule has 4 bridgehead atoms. The van der Waals surface area contributed by atoms with Crippen LogP contribution in [0.1, 0.15) is 51.4 Å². The van der Waals surface area contributed by atoms with Gasteiger partial charge in [-0.1, -0.05) is 17.3 Å². The summed E-state index contributed by atoms with van der Waals surface area (Å²) in [5.74, 6) is 0.498. The maximum atomic E-state index is 13.2. The van der Waals surface area contributed by atoms with Crippen LogP contribution >= 0.6 is 11.8 Å². The molecule has 3 heterocycles. The molecule has 1 aliphatic rings. The lowest BCUT2D eigenvalue weighted by molar-refractivity contribution is -0.123. The number of ether oxygens (including phenoxy) is 1. The summed E-state index contributed by atoms with van der Waals surface area (Å²) in [4.78, 5) is 45.4. The van der Waals surface area contributed by atoms with Gasteiger partial charge >= 0.3 is 0 Å². The Morgan fingerprint density at radius 2 is 2.05 bits per heavy atom. The van der Waals surface area contributed by atoms with Crippen LogP contribution in [-0.4, -0.2) is 80.3 Å². The summed E-state index contributed by atoms with van der Waals surface area (Å²) in [7, 11) is 0. The van der Waals surface area contributed by atoms with Crippen LogP contribution in [0.3, 0.4) is 0 Å². The Morgan fingerprint density at radius 1 is 1.18 bits per heavy atom. The third kappa shape index (κ3) is 8.04. The number of thioether (sulfide) groups is 1. The third-order valence-corrected chi connectivity index (χ3v) is 7.14. The Morgan fingerprint density at radius 3 is 2.85 bits per heavy atom. The zero-order chi connectivity index (χ0) is 28.3. The van der Waals surface area contributed by atoms with E-state index >= 15 is 0 Å². The fourth-order valence-corrected chi connectivity index (χ4v) is 4.79. The van der Waals surface area contributed by atoms with Crippen molar-refractivity contribution in [3.05, 3.63) is 71.3 Å². The van der Waals surface area contributed by atoms with Crippen LogP contribution in [0.25, 0.3) is 0 Å². The quantitative estimate of drug-likeness (QED) is 0.493. The Balaban J connectivity index is 1.54. The van der Waals surface area contributed by atoms with E-state index < -0.39 is 6.04 Å². The van der Waals surface area contributed by atoms with Crippen LogP contribution in [0.4, 0.5) is 0 Å². The summed E-state index contributed by atoms with van der Waals surface area (Å²) in [5, 5.41) is 14.3. The largest absolute Gasteiger partial charge is 0.494 e. The summed E-state index contributed by atoms with van der Waals surface area (Å²) in [6.07, 6.45) is 7.05. The topological polar surface area (TPSA) is 131 Å². The molecule has 4 rings (SSSR count). The summed E-state index contributed by atoms with van der Waals surface area (Å²) in [5.41, 5.74) is 2.26. The van der Waals surface area contributed by atoms with E-state index in [4.69, 9.17) is 4.74 Å². The van der Waals surface area contributed by atoms with Crippen molar-refractivity contribution in [1.82, 2.24) is 35.5 Å². The minimum absolute atomic E-state index is 0.223. The second-order valence-corrected chi connectivity index (χ2v) is 10.5. The molecule has 3 aromatic rings. The molecule has 0 spiro atoms. The summed E-state index contributed by atoms with van der Waals surface area (Å²) in [6.45, 7) is 3.84. The molecule has 1 atom stereocenters. The molecule has 0 saturated carbocycles. The molecule has 3 amide bonds. The van der Waals surface area contributed by atoms with Crippen molar-refractivity contribution in [2.24, 2.45) is 0 Å². The predicted octanol–water partition coefficient (Wildman–Crippen LogP) is 2.46. The lowest BCUT2D eigenvalue weighted by Crippen LogP contribution is -2.47. The van der Waals surface area contributed by atoms with Gasteiger partial charge in [-0.3, -0.25) is 24.0 Å². The van der Waals surface area contributed by atoms with Gasteiger partial charge in [0.15, 0.2) is 0 Å². The Kier molecular flexibility index (Phi) is 10.5. The van der Waals surface area contributed by atoms with E-state index in [9.17, 15) is 14.4 Å². The van der Waals surface area contributed by atoms with E-state index in [1.165, 1.54) is 0 Å². The number of carbonyl (C=O) groups excluding carboxylic acids is 3. The number of nitrogens with zero attached hydrogens (tertiary/aromatic N) is 5. The highest BCUT2D eigenvalue weighted by Crippen LogP contribution is 2.18. The number of aryl methyl sites for hydroxylation is 2. The third-order valence-electron chi connectivity index (χ3n) is 6.50. The molecule has 0 fully saturated rings. The van der Waals surface area contributed by atoms with Gasteiger partial charge in [-0.05, 0) is 61.6 Å². The monoisotopic (exact) mass is 565 g/mol. The van der Waals surface area contributed by atoms with Crippen molar-refractivity contribution in [3.63, 3.8) is 0 Å². The zero-order valence-electron chi connectivity index (χ0n) is 22.8. The smallest absolute Gasteiger partial charge is 0.272 e. The summed E-state index contributed by atoms with van der Waals surface area (Å²) in [6, 6.07) is 9.91. The van der Waals surface area contributed by atoms with E-state index in [1.807, 2.05) is 31.5 Å². The number of amides is 3. The van der Waals surface area contributed by atoms with E-state index in [1.54, 1.807) is 51.8 Å². The van der Waals surface area contributed by atoms with Gasteiger partial charge in [0, 0.05) is 37.8 Å². The lowest BCUT2D eigenvalue weighted by atomic mass is 10.1. The highest BCUT2D eigenvalue weighted by molar-refractivity contribution is 7.98. The number of benzene rings is 1. The number of nitrogens with one attached hydrogen (secondary N) is 2. The number of hydrogen-bond acceptors (Lipinski definition) is 8. The molecule has 0 aliphatic carbocycles. The number of pyridine rings is 1. The Bertz CT molecular complexity index is 1300. The van der Waals surface area contributed by atoms with E-state index in [2.05, 4.69) is 25.9 Å². The van der Waals surface area contributed by atoms with Crippen LogP contribution in [0.5, 0.6) is 5.75 Å². The summed E-state index contributed by atoms with van der Waals surface area (Å²) < 4.78 is 7.63. The number of carbonyl (C=O) groups is 3. The normalized spacial score (nSPS) is 17.4. The Hall–Kier alpha value is -3.93. The van der Waals surface area contributed by atoms with Gasteiger partial charge in [0.05, 0.1) is 19.3 Å². The SMILES string of the molecule is CSCC[C@@H]1NC(=O)c2cc(ccc2C)OCCCn2cc(nn2)CN(C(=O)c2ccccn2)CCCNC1=O. The fourth-order valence-electron chi connectivity index (χ4n) is 4.32. The van der Waals surface area contributed by atoms with Crippen molar-refractivity contribution < 1.29 is 19.1 Å². The molecule has 2 N–H and O–H groups in total. The van der Waals surface area contributed by atoms with Crippen LogP contribution in [0.15, 0.2) is 48.8 Å². The molecule has 212 valence electrons. The molecule has 1 aliphatic heterocycles.